The molecule has 3 heterocycles. The molecule has 1 N–H and O–H groups in total. The van der Waals surface area contributed by atoms with Crippen LogP contribution in [-0.4, -0.2) is 30.7 Å². The Morgan fingerprint density at radius 2 is 2.23 bits per heavy atom. The van der Waals surface area contributed by atoms with E-state index in [4.69, 9.17) is 0 Å². The third kappa shape index (κ3) is 2.91. The van der Waals surface area contributed by atoms with Crippen molar-refractivity contribution in [2.75, 3.05) is 0 Å². The summed E-state index contributed by atoms with van der Waals surface area (Å²) in [6, 6.07) is 5.96. The molecule has 0 unspecified atom stereocenters. The average molecular weight is 316 g/mol. The van der Waals surface area contributed by atoms with E-state index in [2.05, 4.69) is 20.8 Å². The van der Waals surface area contributed by atoms with Crippen LogP contribution in [0, 0.1) is 6.92 Å². The van der Waals surface area contributed by atoms with Gasteiger partial charge in [0.25, 0.3) is 0 Å². The van der Waals surface area contributed by atoms with Gasteiger partial charge < -0.3 is 9.88 Å². The number of aryl methyl sites for hydroxylation is 1. The number of carbonyl (C=O) groups is 1. The number of carbonyl (C=O) groups excluding carboxylic acids is 1. The molecule has 0 aliphatic heterocycles. The first-order valence-electron chi connectivity index (χ1n) is 6.82. The summed E-state index contributed by atoms with van der Waals surface area (Å²) in [5.41, 5.74) is 3.13. The maximum atomic E-state index is 12.1. The van der Waals surface area contributed by atoms with E-state index in [1.807, 2.05) is 47.5 Å². The fraction of sp³-hybridized carbons (Fsp3) is 0.286. The molecular formula is C14H16N6OS. The van der Waals surface area contributed by atoms with Gasteiger partial charge in [0.2, 0.25) is 5.91 Å². The van der Waals surface area contributed by atoms with Crippen molar-refractivity contribution in [1.82, 2.24) is 30.1 Å². The monoisotopic (exact) mass is 316 g/mol. The smallest absolute Gasteiger partial charge is 0.242 e. The zero-order chi connectivity index (χ0) is 15.5. The van der Waals surface area contributed by atoms with Crippen molar-refractivity contribution in [3.05, 3.63) is 40.3 Å². The second-order valence-electron chi connectivity index (χ2n) is 4.97. The van der Waals surface area contributed by atoms with Crippen LogP contribution in [0.15, 0.2) is 29.0 Å². The Kier molecular flexibility index (Phi) is 4.01. The molecule has 0 saturated carbocycles. The van der Waals surface area contributed by atoms with Crippen LogP contribution >= 0.6 is 11.3 Å². The molecule has 8 heteroatoms. The van der Waals surface area contributed by atoms with Crippen molar-refractivity contribution in [1.29, 1.82) is 0 Å². The molecule has 0 spiro atoms. The number of nitrogens with one attached hydrogen (secondary N) is 1. The highest BCUT2D eigenvalue weighted by molar-refractivity contribution is 7.08. The SMILES string of the molecule is Cc1ccc(CNC(=O)Cn2nnnc2-c2ccsc2)n1C. The van der Waals surface area contributed by atoms with Crippen molar-refractivity contribution in [3.8, 4) is 11.4 Å². The highest BCUT2D eigenvalue weighted by Gasteiger charge is 2.13. The normalized spacial score (nSPS) is 10.8. The first-order valence-corrected chi connectivity index (χ1v) is 7.76. The van der Waals surface area contributed by atoms with Gasteiger partial charge in [0.05, 0.1) is 6.54 Å². The van der Waals surface area contributed by atoms with Crippen LogP contribution in [0.3, 0.4) is 0 Å². The van der Waals surface area contributed by atoms with Crippen molar-refractivity contribution in [2.45, 2.75) is 20.0 Å². The summed E-state index contributed by atoms with van der Waals surface area (Å²) in [5, 5.41) is 18.3. The van der Waals surface area contributed by atoms with Crippen molar-refractivity contribution in [3.63, 3.8) is 0 Å². The summed E-state index contributed by atoms with van der Waals surface area (Å²) in [7, 11) is 1.98. The second-order valence-corrected chi connectivity index (χ2v) is 5.75. The number of rotatable bonds is 5. The highest BCUT2D eigenvalue weighted by Crippen LogP contribution is 2.18. The first-order chi connectivity index (χ1) is 10.6. The highest BCUT2D eigenvalue weighted by atomic mass is 32.1. The van der Waals surface area contributed by atoms with E-state index in [0.29, 0.717) is 12.4 Å². The predicted molar refractivity (Wildman–Crippen MR) is 83.1 cm³/mol. The molecule has 0 aliphatic carbocycles. The summed E-state index contributed by atoms with van der Waals surface area (Å²) in [5.74, 6) is 0.480. The molecule has 3 aromatic rings. The minimum absolute atomic E-state index is 0.0988. The Labute approximate surface area is 131 Å². The lowest BCUT2D eigenvalue weighted by atomic mass is 10.3. The largest absolute Gasteiger partial charge is 0.350 e. The number of amides is 1. The number of tetrazole rings is 1. The molecule has 0 fully saturated rings. The Bertz CT molecular complexity index is 773. The number of aromatic nitrogens is 5. The number of thiophene rings is 1. The van der Waals surface area contributed by atoms with Gasteiger partial charge in [-0.3, -0.25) is 4.79 Å². The minimum Gasteiger partial charge on any atom is -0.350 e. The topological polar surface area (TPSA) is 77.6 Å². The van der Waals surface area contributed by atoms with E-state index < -0.39 is 0 Å². The summed E-state index contributed by atoms with van der Waals surface area (Å²) in [6.45, 7) is 2.61. The Morgan fingerprint density at radius 1 is 1.36 bits per heavy atom. The van der Waals surface area contributed by atoms with E-state index in [1.54, 1.807) is 11.3 Å². The molecule has 0 bridgehead atoms. The molecule has 114 valence electrons. The Hall–Kier alpha value is -2.48. The third-order valence-electron chi connectivity index (χ3n) is 3.55. The minimum atomic E-state index is -0.123. The molecule has 22 heavy (non-hydrogen) atoms. The van der Waals surface area contributed by atoms with Crippen LogP contribution in [-0.2, 0) is 24.9 Å². The maximum absolute atomic E-state index is 12.1. The summed E-state index contributed by atoms with van der Waals surface area (Å²) >= 11 is 1.56. The molecular weight excluding hydrogens is 300 g/mol. The predicted octanol–water partition coefficient (Wildman–Crippen LogP) is 1.36. The molecule has 0 aliphatic rings. The van der Waals surface area contributed by atoms with Crippen LogP contribution in [0.25, 0.3) is 11.4 Å². The van der Waals surface area contributed by atoms with Crippen molar-refractivity contribution >= 4 is 17.2 Å². The van der Waals surface area contributed by atoms with Crippen LogP contribution in [0.2, 0.25) is 0 Å². The van der Waals surface area contributed by atoms with Gasteiger partial charge in [-0.05, 0) is 40.9 Å². The maximum Gasteiger partial charge on any atom is 0.242 e. The number of hydrogen-bond donors (Lipinski definition) is 1. The first kappa shape index (κ1) is 14.5. The average Bonchev–Trinajstić information content (AvgIpc) is 3.21. The Balaban J connectivity index is 1.63. The lowest BCUT2D eigenvalue weighted by Gasteiger charge is -2.08. The van der Waals surface area contributed by atoms with E-state index in [-0.39, 0.29) is 12.5 Å². The lowest BCUT2D eigenvalue weighted by molar-refractivity contribution is -0.122. The number of nitrogens with zero attached hydrogens (tertiary/aromatic N) is 5. The standard InChI is InChI=1S/C14H16N6OS/c1-10-3-4-12(19(10)2)7-15-13(21)8-20-14(16-17-18-20)11-5-6-22-9-11/h3-6,9H,7-8H2,1-2H3,(H,15,21). The van der Waals surface area contributed by atoms with Gasteiger partial charge in [0, 0.05) is 29.4 Å². The van der Waals surface area contributed by atoms with Gasteiger partial charge in [-0.15, -0.1) is 5.10 Å². The lowest BCUT2D eigenvalue weighted by Crippen LogP contribution is -2.28. The second kappa shape index (κ2) is 6.10. The molecule has 3 aromatic heterocycles. The molecule has 0 aromatic carbocycles. The molecule has 0 atom stereocenters. The zero-order valence-corrected chi connectivity index (χ0v) is 13.2. The van der Waals surface area contributed by atoms with E-state index in [0.717, 1.165) is 17.0 Å². The molecule has 1 amide bonds. The number of hydrogen-bond acceptors (Lipinski definition) is 5. The summed E-state index contributed by atoms with van der Waals surface area (Å²) < 4.78 is 3.56. The van der Waals surface area contributed by atoms with Gasteiger partial charge in [-0.25, -0.2) is 4.68 Å². The van der Waals surface area contributed by atoms with E-state index >= 15 is 0 Å². The van der Waals surface area contributed by atoms with Gasteiger partial charge in [0.15, 0.2) is 5.82 Å². The van der Waals surface area contributed by atoms with Crippen molar-refractivity contribution < 1.29 is 4.79 Å². The van der Waals surface area contributed by atoms with Gasteiger partial charge in [0.1, 0.15) is 6.54 Å². The van der Waals surface area contributed by atoms with Gasteiger partial charge in [-0.1, -0.05) is 0 Å². The molecule has 0 saturated heterocycles. The third-order valence-corrected chi connectivity index (χ3v) is 4.23. The molecule has 0 radical (unpaired) electrons. The van der Waals surface area contributed by atoms with Crippen LogP contribution < -0.4 is 5.32 Å². The van der Waals surface area contributed by atoms with Crippen LogP contribution in [0.4, 0.5) is 0 Å². The van der Waals surface area contributed by atoms with Gasteiger partial charge >= 0.3 is 0 Å². The van der Waals surface area contributed by atoms with Crippen LogP contribution in [0.5, 0.6) is 0 Å². The van der Waals surface area contributed by atoms with Crippen LogP contribution in [0.1, 0.15) is 11.4 Å². The summed E-state index contributed by atoms with van der Waals surface area (Å²) in [6.07, 6.45) is 0. The molecule has 7 nitrogen and oxygen atoms in total. The summed E-state index contributed by atoms with van der Waals surface area (Å²) in [4.78, 5) is 12.1. The quantitative estimate of drug-likeness (QED) is 0.771. The van der Waals surface area contributed by atoms with E-state index in [9.17, 15) is 4.79 Å². The molecule has 3 rings (SSSR count). The fourth-order valence-electron chi connectivity index (χ4n) is 2.14. The zero-order valence-electron chi connectivity index (χ0n) is 12.4. The Morgan fingerprint density at radius 3 is 2.91 bits per heavy atom. The fourth-order valence-corrected chi connectivity index (χ4v) is 2.77. The van der Waals surface area contributed by atoms with E-state index in [1.165, 1.54) is 4.68 Å². The van der Waals surface area contributed by atoms with Gasteiger partial charge in [-0.2, -0.15) is 11.3 Å². The van der Waals surface area contributed by atoms with Crippen molar-refractivity contribution in [2.24, 2.45) is 7.05 Å².